The first-order chi connectivity index (χ1) is 9.65. The fourth-order valence-electron chi connectivity index (χ4n) is 2.46. The lowest BCUT2D eigenvalue weighted by Crippen LogP contribution is -2.40. The summed E-state index contributed by atoms with van der Waals surface area (Å²) in [5, 5.41) is 11.9. The van der Waals surface area contributed by atoms with Crippen molar-refractivity contribution in [1.82, 2.24) is 4.90 Å². The van der Waals surface area contributed by atoms with Crippen LogP contribution < -0.4 is 5.32 Å². The maximum absolute atomic E-state index is 11.8. The van der Waals surface area contributed by atoms with Gasteiger partial charge in [-0.15, -0.1) is 0 Å². The molecule has 108 valence electrons. The van der Waals surface area contributed by atoms with Crippen molar-refractivity contribution in [2.24, 2.45) is 5.92 Å². The van der Waals surface area contributed by atoms with Crippen molar-refractivity contribution in [3.8, 4) is 0 Å². The number of piperidine rings is 1. The molecule has 5 nitrogen and oxygen atoms in total. The minimum atomic E-state index is -0.733. The predicted octanol–water partition coefficient (Wildman–Crippen LogP) is 1.81. The smallest absolute Gasteiger partial charge is 0.307 e. The average Bonchev–Trinajstić information content (AvgIpc) is 2.46. The number of carboxylic acid groups (broad SMARTS) is 1. The molecule has 0 saturated carbocycles. The van der Waals surface area contributed by atoms with Crippen molar-refractivity contribution in [2.75, 3.05) is 25.0 Å². The Balaban J connectivity index is 1.74. The van der Waals surface area contributed by atoms with Crippen molar-refractivity contribution >= 4 is 17.6 Å². The number of rotatable bonds is 5. The molecule has 2 rings (SSSR count). The highest BCUT2D eigenvalue weighted by atomic mass is 16.4. The third kappa shape index (κ3) is 4.35. The standard InChI is InChI=1S/C15H20N2O3/c18-14(16-13-6-2-1-3-7-13)8-10-17-9-4-5-12(11-17)15(19)20/h1-3,6-7,12H,4-5,8-11H2,(H,16,18)(H,19,20). The second kappa shape index (κ2) is 7.05. The van der Waals surface area contributed by atoms with Crippen molar-refractivity contribution in [1.29, 1.82) is 0 Å². The quantitative estimate of drug-likeness (QED) is 0.860. The van der Waals surface area contributed by atoms with Crippen LogP contribution in [0.2, 0.25) is 0 Å². The van der Waals surface area contributed by atoms with Gasteiger partial charge in [0.05, 0.1) is 5.92 Å². The largest absolute Gasteiger partial charge is 0.481 e. The van der Waals surface area contributed by atoms with Crippen LogP contribution in [0.15, 0.2) is 30.3 Å². The molecule has 1 amide bonds. The van der Waals surface area contributed by atoms with Gasteiger partial charge in [0.1, 0.15) is 0 Å². The summed E-state index contributed by atoms with van der Waals surface area (Å²) < 4.78 is 0. The maximum Gasteiger partial charge on any atom is 0.307 e. The number of carbonyl (C=O) groups excluding carboxylic acids is 1. The zero-order chi connectivity index (χ0) is 14.4. The Labute approximate surface area is 118 Å². The molecule has 1 fully saturated rings. The molecule has 1 aliphatic heterocycles. The van der Waals surface area contributed by atoms with Crippen LogP contribution in [0, 0.1) is 5.92 Å². The number of nitrogens with one attached hydrogen (secondary N) is 1. The number of benzene rings is 1. The van der Waals surface area contributed by atoms with Crippen molar-refractivity contribution in [3.05, 3.63) is 30.3 Å². The van der Waals surface area contributed by atoms with Gasteiger partial charge in [-0.1, -0.05) is 18.2 Å². The molecule has 1 aromatic rings. The van der Waals surface area contributed by atoms with Gasteiger partial charge in [0, 0.05) is 25.2 Å². The summed E-state index contributed by atoms with van der Waals surface area (Å²) in [5.74, 6) is -1.06. The van der Waals surface area contributed by atoms with Gasteiger partial charge in [0.25, 0.3) is 0 Å². The van der Waals surface area contributed by atoms with E-state index in [0.717, 1.165) is 25.1 Å². The third-order valence-corrected chi connectivity index (χ3v) is 3.57. The highest BCUT2D eigenvalue weighted by Crippen LogP contribution is 2.16. The molecule has 20 heavy (non-hydrogen) atoms. The molecule has 0 spiro atoms. The first-order valence-electron chi connectivity index (χ1n) is 6.95. The summed E-state index contributed by atoms with van der Waals surface area (Å²) in [4.78, 5) is 24.9. The van der Waals surface area contributed by atoms with Crippen molar-refractivity contribution in [3.63, 3.8) is 0 Å². The molecule has 1 aliphatic rings. The van der Waals surface area contributed by atoms with Crippen LogP contribution in [0.4, 0.5) is 5.69 Å². The van der Waals surface area contributed by atoms with Gasteiger partial charge < -0.3 is 15.3 Å². The number of carbonyl (C=O) groups is 2. The minimum Gasteiger partial charge on any atom is -0.481 e. The van der Waals surface area contributed by atoms with Crippen molar-refractivity contribution in [2.45, 2.75) is 19.3 Å². The van der Waals surface area contributed by atoms with Crippen LogP contribution in [0.5, 0.6) is 0 Å². The van der Waals surface area contributed by atoms with Crippen LogP contribution in [-0.4, -0.2) is 41.5 Å². The number of hydrogen-bond acceptors (Lipinski definition) is 3. The maximum atomic E-state index is 11.8. The Morgan fingerprint density at radius 1 is 1.30 bits per heavy atom. The van der Waals surface area contributed by atoms with Crippen LogP contribution >= 0.6 is 0 Å². The number of hydrogen-bond donors (Lipinski definition) is 2. The molecule has 1 atom stereocenters. The van der Waals surface area contributed by atoms with Crippen LogP contribution in [0.3, 0.4) is 0 Å². The molecular weight excluding hydrogens is 256 g/mol. The Hall–Kier alpha value is -1.88. The van der Waals surface area contributed by atoms with Gasteiger partial charge in [-0.25, -0.2) is 0 Å². The van der Waals surface area contributed by atoms with E-state index in [4.69, 9.17) is 5.11 Å². The van der Waals surface area contributed by atoms with Gasteiger partial charge in [-0.3, -0.25) is 9.59 Å². The Kier molecular flexibility index (Phi) is 5.12. The molecule has 0 bridgehead atoms. The SMILES string of the molecule is O=C(CCN1CCCC(C(=O)O)C1)Nc1ccccc1. The van der Waals surface area contributed by atoms with Crippen LogP contribution in [-0.2, 0) is 9.59 Å². The second-order valence-corrected chi connectivity index (χ2v) is 5.14. The Morgan fingerprint density at radius 3 is 2.75 bits per heavy atom. The molecule has 0 aromatic heterocycles. The normalized spacial score (nSPS) is 19.5. The predicted molar refractivity (Wildman–Crippen MR) is 76.5 cm³/mol. The van der Waals surface area contributed by atoms with E-state index in [0.29, 0.717) is 19.5 Å². The van der Waals surface area contributed by atoms with Gasteiger partial charge in [-0.05, 0) is 31.5 Å². The third-order valence-electron chi connectivity index (χ3n) is 3.57. The summed E-state index contributed by atoms with van der Waals surface area (Å²) in [6.45, 7) is 2.04. The molecule has 2 N–H and O–H groups in total. The second-order valence-electron chi connectivity index (χ2n) is 5.14. The average molecular weight is 276 g/mol. The summed E-state index contributed by atoms with van der Waals surface area (Å²) >= 11 is 0. The molecule has 5 heteroatoms. The number of carboxylic acids is 1. The number of para-hydroxylation sites is 1. The number of anilines is 1. The zero-order valence-electron chi connectivity index (χ0n) is 11.4. The fourth-order valence-corrected chi connectivity index (χ4v) is 2.46. The molecular formula is C15H20N2O3. The topological polar surface area (TPSA) is 69.6 Å². The summed E-state index contributed by atoms with van der Waals surface area (Å²) in [6.07, 6.45) is 2.01. The van der Waals surface area contributed by atoms with E-state index in [9.17, 15) is 9.59 Å². The highest BCUT2D eigenvalue weighted by Gasteiger charge is 2.25. The monoisotopic (exact) mass is 276 g/mol. The summed E-state index contributed by atoms with van der Waals surface area (Å²) in [7, 11) is 0. The lowest BCUT2D eigenvalue weighted by molar-refractivity contribution is -0.143. The van der Waals surface area contributed by atoms with E-state index in [2.05, 4.69) is 10.2 Å². The first kappa shape index (κ1) is 14.5. The minimum absolute atomic E-state index is 0.0337. The fraction of sp³-hybridized carbons (Fsp3) is 0.467. The highest BCUT2D eigenvalue weighted by molar-refractivity contribution is 5.90. The molecule has 1 saturated heterocycles. The number of amides is 1. The summed E-state index contributed by atoms with van der Waals surface area (Å²) in [6, 6.07) is 9.34. The number of aliphatic carboxylic acids is 1. The van der Waals surface area contributed by atoms with Crippen molar-refractivity contribution < 1.29 is 14.7 Å². The molecule has 1 aromatic carbocycles. The van der Waals surface area contributed by atoms with E-state index in [1.54, 1.807) is 0 Å². The molecule has 1 unspecified atom stereocenters. The number of likely N-dealkylation sites (tertiary alicyclic amines) is 1. The molecule has 0 aliphatic carbocycles. The molecule has 0 radical (unpaired) electrons. The van der Waals surface area contributed by atoms with Gasteiger partial charge in [0.15, 0.2) is 0 Å². The summed E-state index contributed by atoms with van der Waals surface area (Å²) in [5.41, 5.74) is 0.791. The Morgan fingerprint density at radius 2 is 2.05 bits per heavy atom. The van der Waals surface area contributed by atoms with Gasteiger partial charge in [0.2, 0.25) is 5.91 Å². The van der Waals surface area contributed by atoms with E-state index in [1.807, 2.05) is 30.3 Å². The lowest BCUT2D eigenvalue weighted by atomic mass is 9.98. The van der Waals surface area contributed by atoms with Crippen LogP contribution in [0.25, 0.3) is 0 Å². The van der Waals surface area contributed by atoms with E-state index in [-0.39, 0.29) is 11.8 Å². The lowest BCUT2D eigenvalue weighted by Gasteiger charge is -2.30. The molecule has 1 heterocycles. The zero-order valence-corrected chi connectivity index (χ0v) is 11.4. The van der Waals surface area contributed by atoms with E-state index >= 15 is 0 Å². The van der Waals surface area contributed by atoms with E-state index < -0.39 is 5.97 Å². The van der Waals surface area contributed by atoms with Gasteiger partial charge in [-0.2, -0.15) is 0 Å². The van der Waals surface area contributed by atoms with Gasteiger partial charge >= 0.3 is 5.97 Å². The van der Waals surface area contributed by atoms with E-state index in [1.165, 1.54) is 0 Å². The first-order valence-corrected chi connectivity index (χ1v) is 6.95. The Bertz CT molecular complexity index is 461. The van der Waals surface area contributed by atoms with Crippen LogP contribution in [0.1, 0.15) is 19.3 Å². The number of nitrogens with zero attached hydrogens (tertiary/aromatic N) is 1.